The second-order valence-corrected chi connectivity index (χ2v) is 9.16. The van der Waals surface area contributed by atoms with Crippen molar-refractivity contribution in [3.8, 4) is 0 Å². The van der Waals surface area contributed by atoms with Gasteiger partial charge in [-0.3, -0.25) is 24.6 Å². The van der Waals surface area contributed by atoms with Crippen LogP contribution < -0.4 is 27.4 Å². The molecule has 0 aliphatic rings. The molecule has 1 atom stereocenters. The average molecular weight is 576 g/mol. The number of benzene rings is 3. The summed E-state index contributed by atoms with van der Waals surface area (Å²) >= 11 is 0. The second kappa shape index (κ2) is 15.5. The van der Waals surface area contributed by atoms with Gasteiger partial charge in [-0.15, -0.1) is 0 Å². The molecule has 3 aromatic rings. The molecule has 13 heteroatoms. The van der Waals surface area contributed by atoms with Crippen LogP contribution in [0, 0.1) is 5.41 Å². The first-order valence-corrected chi connectivity index (χ1v) is 13.1. The quantitative estimate of drug-likeness (QED) is 0.103. The summed E-state index contributed by atoms with van der Waals surface area (Å²) in [7, 11) is 0. The lowest BCUT2D eigenvalue weighted by atomic mass is 10.1. The molecule has 0 heterocycles. The first kappa shape index (κ1) is 31.2. The van der Waals surface area contributed by atoms with E-state index >= 15 is 0 Å². The highest BCUT2D eigenvalue weighted by Crippen LogP contribution is 2.19. The molecule has 3 rings (SSSR count). The van der Waals surface area contributed by atoms with Crippen LogP contribution >= 0.6 is 0 Å². The van der Waals surface area contributed by atoms with Crippen molar-refractivity contribution < 1.29 is 28.7 Å². The van der Waals surface area contributed by atoms with E-state index in [1.807, 2.05) is 12.1 Å². The predicted molar refractivity (Wildman–Crippen MR) is 155 cm³/mol. The van der Waals surface area contributed by atoms with Gasteiger partial charge in [0, 0.05) is 12.1 Å². The maximum atomic E-state index is 13.8. The van der Waals surface area contributed by atoms with Crippen LogP contribution in [0.5, 0.6) is 0 Å². The van der Waals surface area contributed by atoms with Gasteiger partial charge in [0.05, 0.1) is 13.1 Å². The highest BCUT2D eigenvalue weighted by atomic mass is 16.6. The van der Waals surface area contributed by atoms with Gasteiger partial charge in [-0.2, -0.15) is 4.90 Å². The fraction of sp³-hybridized carbons (Fsp3) is 0.241. The summed E-state index contributed by atoms with van der Waals surface area (Å²) < 4.78 is 5.35. The zero-order valence-corrected chi connectivity index (χ0v) is 22.8. The molecule has 13 nitrogen and oxygen atoms in total. The molecule has 5 amide bonds. The minimum Gasteiger partial charge on any atom is -0.444 e. The maximum absolute atomic E-state index is 13.8. The van der Waals surface area contributed by atoms with Gasteiger partial charge in [-0.25, -0.2) is 4.79 Å². The van der Waals surface area contributed by atoms with Crippen LogP contribution in [0.15, 0.2) is 72.8 Å². The van der Waals surface area contributed by atoms with Gasteiger partial charge in [-0.1, -0.05) is 60.7 Å². The Hall–Kier alpha value is -5.30. The van der Waals surface area contributed by atoms with Crippen LogP contribution in [0.4, 0.5) is 4.79 Å². The van der Waals surface area contributed by atoms with Gasteiger partial charge in [0.2, 0.25) is 11.8 Å². The maximum Gasteiger partial charge on any atom is 0.424 e. The third-order valence-electron chi connectivity index (χ3n) is 6.06. The van der Waals surface area contributed by atoms with Crippen molar-refractivity contribution in [2.75, 3.05) is 19.6 Å². The van der Waals surface area contributed by atoms with E-state index in [9.17, 15) is 24.0 Å². The van der Waals surface area contributed by atoms with Crippen LogP contribution in [0.3, 0.4) is 0 Å². The van der Waals surface area contributed by atoms with Gasteiger partial charge in [0.1, 0.15) is 12.6 Å². The van der Waals surface area contributed by atoms with Crippen molar-refractivity contribution in [2.45, 2.75) is 25.5 Å². The Labute approximate surface area is 242 Å². The van der Waals surface area contributed by atoms with Crippen LogP contribution in [-0.4, -0.2) is 66.3 Å². The summed E-state index contributed by atoms with van der Waals surface area (Å²) in [5.41, 5.74) is 11.3. The van der Waals surface area contributed by atoms with Crippen LogP contribution in [-0.2, 0) is 25.7 Å². The van der Waals surface area contributed by atoms with E-state index in [4.69, 9.17) is 21.6 Å². The minimum atomic E-state index is -1.37. The Balaban J connectivity index is 1.90. The number of carbonyl (C=O) groups excluding carboxylic acids is 5. The number of nitrogens with zero attached hydrogens (tertiary/aromatic N) is 1. The number of nitrogens with one attached hydrogen (secondary N) is 4. The van der Waals surface area contributed by atoms with Crippen LogP contribution in [0.2, 0.25) is 0 Å². The molecule has 0 saturated carbocycles. The standard InChI is InChI=1S/C29H33N7O6/c30-16-24(37)34-17-25(38)35-23(11-6-14-33-28(31)32)27(40)36(29(41)42-18-19-7-2-1-3-8-19)26(39)22-13-12-20-9-4-5-10-21(20)15-22/h1-5,7-10,12-13,15,23H,6,11,14,16-18,30H2,(H,34,37)(H,35,38)(H4,31,32,33)/t23-/m0/s1. The molecule has 0 fully saturated rings. The Morgan fingerprint density at radius 1 is 0.881 bits per heavy atom. The van der Waals surface area contributed by atoms with Crippen molar-refractivity contribution in [1.82, 2.24) is 20.9 Å². The molecule has 8 N–H and O–H groups in total. The second-order valence-electron chi connectivity index (χ2n) is 9.16. The molecular formula is C29H33N7O6. The molecule has 0 unspecified atom stereocenters. The highest BCUT2D eigenvalue weighted by Gasteiger charge is 2.36. The number of rotatable bonds is 12. The van der Waals surface area contributed by atoms with Crippen molar-refractivity contribution >= 4 is 46.5 Å². The summed E-state index contributed by atoms with van der Waals surface area (Å²) in [5, 5.41) is 16.2. The summed E-state index contributed by atoms with van der Waals surface area (Å²) in [5.74, 6) is -3.60. The molecule has 0 radical (unpaired) electrons. The van der Waals surface area contributed by atoms with Crippen molar-refractivity contribution in [2.24, 2.45) is 11.5 Å². The summed E-state index contributed by atoms with van der Waals surface area (Å²) in [4.78, 5) is 65.3. The van der Waals surface area contributed by atoms with E-state index in [0.29, 0.717) is 15.8 Å². The number of hydrogen-bond acceptors (Lipinski definition) is 8. The first-order valence-electron chi connectivity index (χ1n) is 13.1. The van der Waals surface area contributed by atoms with Crippen molar-refractivity contribution in [1.29, 1.82) is 5.41 Å². The number of imide groups is 3. The van der Waals surface area contributed by atoms with Crippen LogP contribution in [0.25, 0.3) is 10.8 Å². The largest absolute Gasteiger partial charge is 0.444 e. The van der Waals surface area contributed by atoms with E-state index in [1.54, 1.807) is 54.6 Å². The lowest BCUT2D eigenvalue weighted by molar-refractivity contribution is -0.133. The van der Waals surface area contributed by atoms with Gasteiger partial charge >= 0.3 is 6.09 Å². The number of fused-ring (bicyclic) bond motifs is 1. The Morgan fingerprint density at radius 2 is 1.57 bits per heavy atom. The van der Waals surface area contributed by atoms with E-state index in [1.165, 1.54) is 6.07 Å². The van der Waals surface area contributed by atoms with Crippen molar-refractivity contribution in [3.05, 3.63) is 83.9 Å². The smallest absolute Gasteiger partial charge is 0.424 e. The summed E-state index contributed by atoms with van der Waals surface area (Å²) in [6, 6.07) is 19.3. The molecule has 0 spiro atoms. The van der Waals surface area contributed by atoms with Gasteiger partial charge in [-0.05, 0) is 41.3 Å². The topological polar surface area (TPSA) is 210 Å². The third kappa shape index (κ3) is 9.13. The Morgan fingerprint density at radius 3 is 2.26 bits per heavy atom. The van der Waals surface area contributed by atoms with Gasteiger partial charge in [0.15, 0.2) is 5.96 Å². The SMILES string of the molecule is N=C(N)NCCC[C@H](NC(=O)CNC(=O)CN)C(=O)N(C(=O)OCc1ccccc1)C(=O)c1ccc2ccccc2c1. The minimum absolute atomic E-state index is 0.0385. The predicted octanol–water partition coefficient (Wildman–Crippen LogP) is 0.968. The number of guanidine groups is 1. The molecule has 0 aliphatic heterocycles. The molecule has 0 bridgehead atoms. The fourth-order valence-corrected chi connectivity index (χ4v) is 3.95. The normalized spacial score (nSPS) is 11.2. The van der Waals surface area contributed by atoms with Gasteiger partial charge in [0.25, 0.3) is 11.8 Å². The number of hydrogen-bond donors (Lipinski definition) is 6. The summed E-state index contributed by atoms with van der Waals surface area (Å²) in [6.45, 7) is -0.856. The van der Waals surface area contributed by atoms with E-state index in [-0.39, 0.29) is 44.1 Å². The lowest BCUT2D eigenvalue weighted by Crippen LogP contribution is -2.54. The number of carbonyl (C=O) groups is 5. The van der Waals surface area contributed by atoms with Gasteiger partial charge < -0.3 is 32.2 Å². The number of amides is 5. The molecule has 42 heavy (non-hydrogen) atoms. The zero-order chi connectivity index (χ0) is 30.5. The molecule has 0 aromatic heterocycles. The Bertz CT molecular complexity index is 1450. The molecule has 0 saturated heterocycles. The fourth-order valence-electron chi connectivity index (χ4n) is 3.95. The average Bonchev–Trinajstić information content (AvgIpc) is 3.00. The highest BCUT2D eigenvalue weighted by molar-refractivity contribution is 6.17. The van der Waals surface area contributed by atoms with Crippen molar-refractivity contribution in [3.63, 3.8) is 0 Å². The third-order valence-corrected chi connectivity index (χ3v) is 6.06. The zero-order valence-electron chi connectivity index (χ0n) is 22.8. The van der Waals surface area contributed by atoms with Crippen LogP contribution in [0.1, 0.15) is 28.8 Å². The van der Waals surface area contributed by atoms with E-state index < -0.39 is 42.3 Å². The van der Waals surface area contributed by atoms with E-state index in [0.717, 1.165) is 5.39 Å². The molecular weight excluding hydrogens is 542 g/mol. The number of nitrogens with two attached hydrogens (primary N) is 2. The Kier molecular flexibility index (Phi) is 11.5. The summed E-state index contributed by atoms with van der Waals surface area (Å²) in [6.07, 6.45) is -1.04. The molecule has 3 aromatic carbocycles. The molecule has 220 valence electrons. The first-order chi connectivity index (χ1) is 20.2. The number of ether oxygens (including phenoxy) is 1. The lowest BCUT2D eigenvalue weighted by Gasteiger charge is -2.25. The molecule has 0 aliphatic carbocycles. The monoisotopic (exact) mass is 575 g/mol. The van der Waals surface area contributed by atoms with E-state index in [2.05, 4.69) is 16.0 Å².